The quantitative estimate of drug-likeness (QED) is 0.222. The van der Waals surface area contributed by atoms with Gasteiger partial charge in [0, 0.05) is 10.6 Å². The van der Waals surface area contributed by atoms with Gasteiger partial charge in [-0.15, -0.1) is 0 Å². The van der Waals surface area contributed by atoms with Gasteiger partial charge in [-0.2, -0.15) is 0 Å². The topological polar surface area (TPSA) is 70.5 Å². The van der Waals surface area contributed by atoms with Crippen LogP contribution in [0.3, 0.4) is 0 Å². The lowest BCUT2D eigenvalue weighted by atomic mass is 9.95. The van der Waals surface area contributed by atoms with Gasteiger partial charge in [-0.3, -0.25) is 14.5 Å². The predicted molar refractivity (Wildman–Crippen MR) is 127 cm³/mol. The molecule has 2 heterocycles. The summed E-state index contributed by atoms with van der Waals surface area (Å²) >= 11 is 7.22. The number of ketones is 1. The molecule has 3 aromatic carbocycles. The average molecular weight is 479 g/mol. The molecule has 1 atom stereocenters. The first-order valence-electron chi connectivity index (χ1n) is 10.0. The molecule has 1 N–H and O–H groups in total. The van der Waals surface area contributed by atoms with E-state index in [1.165, 1.54) is 40.5 Å². The van der Waals surface area contributed by atoms with Crippen molar-refractivity contribution in [3.8, 4) is 0 Å². The molecule has 1 aromatic heterocycles. The zero-order valence-corrected chi connectivity index (χ0v) is 18.8. The van der Waals surface area contributed by atoms with Crippen molar-refractivity contribution in [2.24, 2.45) is 0 Å². The number of amides is 1. The van der Waals surface area contributed by atoms with Crippen molar-refractivity contribution in [3.05, 3.63) is 99.8 Å². The molecule has 0 aliphatic carbocycles. The molecular formula is C25H16ClFN2O3S. The number of fused-ring (bicyclic) bond motifs is 1. The summed E-state index contributed by atoms with van der Waals surface area (Å²) in [5.41, 5.74) is 2.45. The molecule has 1 amide bonds. The molecule has 5 nitrogen and oxygen atoms in total. The Hall–Kier alpha value is -3.55. The average Bonchev–Trinajstić information content (AvgIpc) is 3.32. The molecule has 1 unspecified atom stereocenters. The summed E-state index contributed by atoms with van der Waals surface area (Å²) in [6.07, 6.45) is 0. The van der Waals surface area contributed by atoms with E-state index >= 15 is 0 Å². The number of aryl methyl sites for hydroxylation is 1. The van der Waals surface area contributed by atoms with E-state index in [1.807, 2.05) is 25.1 Å². The number of benzene rings is 3. The maximum Gasteiger partial charge on any atom is 0.301 e. The number of rotatable bonds is 3. The third kappa shape index (κ3) is 3.69. The van der Waals surface area contributed by atoms with Crippen LogP contribution in [0.2, 0.25) is 5.02 Å². The normalized spacial score (nSPS) is 17.8. The lowest BCUT2D eigenvalue weighted by molar-refractivity contribution is -0.132. The third-order valence-corrected chi connectivity index (χ3v) is 6.76. The van der Waals surface area contributed by atoms with Crippen molar-refractivity contribution in [3.63, 3.8) is 0 Å². The Labute approximate surface area is 197 Å². The molecule has 33 heavy (non-hydrogen) atoms. The number of hydrogen-bond donors (Lipinski definition) is 1. The molecule has 1 saturated heterocycles. The fourth-order valence-electron chi connectivity index (χ4n) is 3.88. The number of aliphatic hydroxyl groups is 1. The molecule has 0 radical (unpaired) electrons. The highest BCUT2D eigenvalue weighted by atomic mass is 35.5. The van der Waals surface area contributed by atoms with Crippen LogP contribution in [0.25, 0.3) is 16.0 Å². The number of aliphatic hydroxyl groups excluding tert-OH is 1. The van der Waals surface area contributed by atoms with Crippen LogP contribution in [0.1, 0.15) is 22.7 Å². The SMILES string of the molecule is Cc1ccc2nc(N3C(=O)C(=O)/C(=C(/O)c4ccc(Cl)cc4)C3c3ccc(F)cc3)sc2c1. The highest BCUT2D eigenvalue weighted by Crippen LogP contribution is 2.44. The number of anilines is 1. The number of Topliss-reactive ketones (excluding diaryl/α,β-unsaturated/α-hetero) is 1. The number of halogens is 2. The Morgan fingerprint density at radius 2 is 1.76 bits per heavy atom. The van der Waals surface area contributed by atoms with Gasteiger partial charge in [0.15, 0.2) is 5.13 Å². The first-order chi connectivity index (χ1) is 15.8. The smallest absolute Gasteiger partial charge is 0.301 e. The van der Waals surface area contributed by atoms with Crippen molar-refractivity contribution in [1.29, 1.82) is 0 Å². The van der Waals surface area contributed by atoms with Crippen LogP contribution in [0.15, 0.2) is 72.3 Å². The summed E-state index contributed by atoms with van der Waals surface area (Å²) < 4.78 is 14.5. The second kappa shape index (κ2) is 8.10. The predicted octanol–water partition coefficient (Wildman–Crippen LogP) is 6.02. The van der Waals surface area contributed by atoms with E-state index in [1.54, 1.807) is 24.3 Å². The van der Waals surface area contributed by atoms with E-state index in [0.29, 0.717) is 26.8 Å². The molecular weight excluding hydrogens is 463 g/mol. The van der Waals surface area contributed by atoms with Crippen LogP contribution < -0.4 is 4.90 Å². The Morgan fingerprint density at radius 3 is 2.45 bits per heavy atom. The number of carbonyl (C=O) groups excluding carboxylic acids is 2. The van der Waals surface area contributed by atoms with Gasteiger partial charge in [-0.1, -0.05) is 41.1 Å². The second-order valence-corrected chi connectivity index (χ2v) is 9.14. The van der Waals surface area contributed by atoms with Gasteiger partial charge in [0.2, 0.25) is 0 Å². The van der Waals surface area contributed by atoms with E-state index in [2.05, 4.69) is 4.98 Å². The molecule has 4 aromatic rings. The summed E-state index contributed by atoms with van der Waals surface area (Å²) in [5.74, 6) is -2.44. The summed E-state index contributed by atoms with van der Waals surface area (Å²) in [7, 11) is 0. The van der Waals surface area contributed by atoms with E-state index in [9.17, 15) is 19.1 Å². The van der Waals surface area contributed by atoms with Gasteiger partial charge in [0.05, 0.1) is 21.8 Å². The van der Waals surface area contributed by atoms with Crippen molar-refractivity contribution in [2.75, 3.05) is 4.90 Å². The van der Waals surface area contributed by atoms with E-state index in [0.717, 1.165) is 10.3 Å². The zero-order chi connectivity index (χ0) is 23.3. The minimum absolute atomic E-state index is 0.0932. The van der Waals surface area contributed by atoms with Gasteiger partial charge >= 0.3 is 5.91 Å². The Bertz CT molecular complexity index is 1450. The first-order valence-corrected chi connectivity index (χ1v) is 11.2. The van der Waals surface area contributed by atoms with Crippen LogP contribution in [0.4, 0.5) is 9.52 Å². The van der Waals surface area contributed by atoms with Gasteiger partial charge in [0.25, 0.3) is 5.78 Å². The summed E-state index contributed by atoms with van der Waals surface area (Å²) in [5, 5.41) is 11.9. The minimum Gasteiger partial charge on any atom is -0.507 e. The highest BCUT2D eigenvalue weighted by Gasteiger charge is 2.48. The van der Waals surface area contributed by atoms with Crippen LogP contribution in [0, 0.1) is 12.7 Å². The second-order valence-electron chi connectivity index (χ2n) is 7.70. The lowest BCUT2D eigenvalue weighted by Gasteiger charge is -2.23. The zero-order valence-electron chi connectivity index (χ0n) is 17.3. The number of hydrogen-bond acceptors (Lipinski definition) is 5. The van der Waals surface area contributed by atoms with Crippen LogP contribution >= 0.6 is 22.9 Å². The van der Waals surface area contributed by atoms with Gasteiger partial charge in [-0.25, -0.2) is 9.37 Å². The minimum atomic E-state index is -0.970. The Balaban J connectivity index is 1.73. The summed E-state index contributed by atoms with van der Waals surface area (Å²) in [6, 6.07) is 16.5. The van der Waals surface area contributed by atoms with Gasteiger partial charge in [-0.05, 0) is 66.6 Å². The van der Waals surface area contributed by atoms with Crippen molar-refractivity contribution < 1.29 is 19.1 Å². The number of carbonyl (C=O) groups is 2. The van der Waals surface area contributed by atoms with E-state index < -0.39 is 23.5 Å². The molecule has 164 valence electrons. The monoisotopic (exact) mass is 478 g/mol. The summed E-state index contributed by atoms with van der Waals surface area (Å²) in [6.45, 7) is 1.95. The maximum atomic E-state index is 13.7. The molecule has 8 heteroatoms. The van der Waals surface area contributed by atoms with Crippen LogP contribution in [-0.4, -0.2) is 21.8 Å². The molecule has 0 spiro atoms. The number of nitrogens with zero attached hydrogens (tertiary/aromatic N) is 2. The fraction of sp³-hybridized carbons (Fsp3) is 0.0800. The van der Waals surface area contributed by atoms with Crippen LogP contribution in [0.5, 0.6) is 0 Å². The molecule has 1 fully saturated rings. The molecule has 1 aliphatic rings. The van der Waals surface area contributed by atoms with Crippen LogP contribution in [-0.2, 0) is 9.59 Å². The van der Waals surface area contributed by atoms with Gasteiger partial charge in [0.1, 0.15) is 11.6 Å². The first kappa shape index (κ1) is 21.3. The van der Waals surface area contributed by atoms with Gasteiger partial charge < -0.3 is 5.11 Å². The maximum absolute atomic E-state index is 13.7. The molecule has 0 bridgehead atoms. The summed E-state index contributed by atoms with van der Waals surface area (Å²) in [4.78, 5) is 32.2. The lowest BCUT2D eigenvalue weighted by Crippen LogP contribution is -2.29. The fourth-order valence-corrected chi connectivity index (χ4v) is 5.09. The standard InChI is InChI=1S/C25H16ClFN2O3S/c1-13-2-11-18-19(12-13)33-25(28-18)29-21(14-5-9-17(27)10-6-14)20(23(31)24(29)32)22(30)15-3-7-16(26)8-4-15/h2-12,21,30H,1H3/b22-20+. The van der Waals surface area contributed by atoms with Crippen molar-refractivity contribution >= 4 is 55.7 Å². The molecule has 0 saturated carbocycles. The number of aromatic nitrogens is 1. The Morgan fingerprint density at radius 1 is 1.06 bits per heavy atom. The number of thiazole rings is 1. The van der Waals surface area contributed by atoms with Crippen molar-refractivity contribution in [2.45, 2.75) is 13.0 Å². The highest BCUT2D eigenvalue weighted by molar-refractivity contribution is 7.22. The largest absolute Gasteiger partial charge is 0.507 e. The molecule has 5 rings (SSSR count). The van der Waals surface area contributed by atoms with Crippen molar-refractivity contribution in [1.82, 2.24) is 4.98 Å². The van der Waals surface area contributed by atoms with E-state index in [4.69, 9.17) is 11.6 Å². The third-order valence-electron chi connectivity index (χ3n) is 5.49. The Kier molecular flexibility index (Phi) is 5.23. The molecule has 1 aliphatic heterocycles. The van der Waals surface area contributed by atoms with E-state index in [-0.39, 0.29) is 11.3 Å².